The van der Waals surface area contributed by atoms with E-state index in [9.17, 15) is 9.42 Å². The van der Waals surface area contributed by atoms with Crippen molar-refractivity contribution in [2.24, 2.45) is 5.41 Å². The van der Waals surface area contributed by atoms with Crippen LogP contribution in [0.25, 0.3) is 0 Å². The van der Waals surface area contributed by atoms with Gasteiger partial charge >= 0.3 is 0 Å². The van der Waals surface area contributed by atoms with Gasteiger partial charge in [0.15, 0.2) is 0 Å². The fourth-order valence-corrected chi connectivity index (χ4v) is 3.70. The lowest BCUT2D eigenvalue weighted by atomic mass is 9.86. The van der Waals surface area contributed by atoms with E-state index in [1.807, 2.05) is 13.8 Å². The maximum absolute atomic E-state index is 12.4. The molecule has 0 aromatic rings. The van der Waals surface area contributed by atoms with E-state index in [1.165, 1.54) is 0 Å². The van der Waals surface area contributed by atoms with Gasteiger partial charge in [-0.3, -0.25) is 5.21 Å². The van der Waals surface area contributed by atoms with E-state index < -0.39 is 15.7 Å². The van der Waals surface area contributed by atoms with Crippen molar-refractivity contribution in [1.82, 2.24) is 10.0 Å². The average molecular weight is 323 g/mol. The van der Waals surface area contributed by atoms with Gasteiger partial charge in [-0.25, -0.2) is 9.63 Å². The summed E-state index contributed by atoms with van der Waals surface area (Å²) in [4.78, 5) is 0. The second-order valence-corrected chi connectivity index (χ2v) is 10.2. The third-order valence-electron chi connectivity index (χ3n) is 3.63. The van der Waals surface area contributed by atoms with Crippen LogP contribution in [0.3, 0.4) is 0 Å². The first-order valence-electron chi connectivity index (χ1n) is 7.77. The van der Waals surface area contributed by atoms with Crippen molar-refractivity contribution in [2.45, 2.75) is 59.1 Å². The molecular weight excluding hydrogens is 286 g/mol. The van der Waals surface area contributed by atoms with E-state index in [2.05, 4.69) is 47.2 Å². The van der Waals surface area contributed by atoms with Gasteiger partial charge in [-0.15, -0.1) is 0 Å². The summed E-state index contributed by atoms with van der Waals surface area (Å²) in [5.41, 5.74) is 2.92. The van der Waals surface area contributed by atoms with Crippen molar-refractivity contribution < 1.29 is 13.9 Å². The first kappa shape index (κ1) is 21.0. The molecule has 0 radical (unpaired) electrons. The normalized spacial score (nSPS) is 15.5. The average Bonchev–Trinajstić information content (AvgIpc) is 2.30. The van der Waals surface area contributed by atoms with Crippen molar-refractivity contribution in [3.05, 3.63) is 0 Å². The molecule has 0 rings (SSSR count). The van der Waals surface area contributed by atoms with Crippen LogP contribution in [0.1, 0.15) is 54.4 Å². The molecule has 2 N–H and O–H groups in total. The Bertz CT molecular complexity index is 338. The van der Waals surface area contributed by atoms with Crippen LogP contribution in [-0.2, 0) is 11.0 Å². The van der Waals surface area contributed by atoms with Crippen molar-refractivity contribution >= 4 is 11.0 Å². The monoisotopic (exact) mass is 322 g/mol. The Morgan fingerprint density at radius 2 is 1.71 bits per heavy atom. The summed E-state index contributed by atoms with van der Waals surface area (Å²) in [5, 5.41) is 9.95. The Hall–Kier alpha value is -0.0100. The standard InChI is InChI=1S/C15H36N3O2S/c1-9-18(7,8)12-10-11-16-17(19)21(20)15(5,6)13-14(2,3)4/h16,19H,9-13H2,1-8H3/q+1. The van der Waals surface area contributed by atoms with Crippen LogP contribution in [0.5, 0.6) is 0 Å². The van der Waals surface area contributed by atoms with Gasteiger partial charge in [0.05, 0.1) is 31.9 Å². The lowest BCUT2D eigenvalue weighted by Gasteiger charge is -2.33. The molecule has 1 atom stereocenters. The van der Waals surface area contributed by atoms with E-state index in [0.29, 0.717) is 6.54 Å². The minimum Gasteiger partial charge on any atom is -0.329 e. The van der Waals surface area contributed by atoms with Crippen molar-refractivity contribution in [1.29, 1.82) is 0 Å². The van der Waals surface area contributed by atoms with Crippen LogP contribution < -0.4 is 5.43 Å². The number of rotatable bonds is 9. The van der Waals surface area contributed by atoms with Gasteiger partial charge in [-0.2, -0.15) is 0 Å². The van der Waals surface area contributed by atoms with E-state index >= 15 is 0 Å². The molecule has 0 bridgehead atoms. The van der Waals surface area contributed by atoms with Gasteiger partial charge in [0.2, 0.25) is 0 Å². The van der Waals surface area contributed by atoms with Crippen LogP contribution in [0.15, 0.2) is 0 Å². The maximum atomic E-state index is 12.4. The Kier molecular flexibility index (Phi) is 8.01. The topological polar surface area (TPSA) is 52.6 Å². The second-order valence-electron chi connectivity index (χ2n) is 8.26. The molecule has 128 valence electrons. The van der Waals surface area contributed by atoms with Crippen LogP contribution in [-0.4, -0.2) is 57.0 Å². The molecule has 0 aliphatic rings. The molecule has 0 saturated heterocycles. The largest absolute Gasteiger partial charge is 0.329 e. The highest BCUT2D eigenvalue weighted by atomic mass is 32.2. The molecule has 0 aliphatic heterocycles. The highest BCUT2D eigenvalue weighted by Gasteiger charge is 2.34. The highest BCUT2D eigenvalue weighted by molar-refractivity contribution is 7.83. The van der Waals surface area contributed by atoms with Gasteiger partial charge < -0.3 is 4.48 Å². The van der Waals surface area contributed by atoms with Crippen LogP contribution >= 0.6 is 0 Å². The minimum atomic E-state index is -1.48. The predicted molar refractivity (Wildman–Crippen MR) is 90.1 cm³/mol. The summed E-state index contributed by atoms with van der Waals surface area (Å²) in [7, 11) is 2.89. The highest BCUT2D eigenvalue weighted by Crippen LogP contribution is 2.31. The van der Waals surface area contributed by atoms with E-state index in [-0.39, 0.29) is 5.41 Å². The molecule has 0 heterocycles. The number of nitrogens with one attached hydrogen (secondary N) is 1. The van der Waals surface area contributed by atoms with Gasteiger partial charge in [-0.05, 0) is 37.2 Å². The number of quaternary nitrogens is 1. The number of hydrazine groups is 1. The molecule has 0 aliphatic carbocycles. The summed E-state index contributed by atoms with van der Waals surface area (Å²) >= 11 is 0. The molecule has 0 saturated carbocycles. The zero-order valence-corrected chi connectivity index (χ0v) is 16.0. The molecular formula is C15H36N3O2S+. The number of hydrogen-bond donors (Lipinski definition) is 2. The second kappa shape index (κ2) is 8.02. The smallest absolute Gasteiger partial charge is 0.139 e. The molecule has 0 aromatic carbocycles. The first-order chi connectivity index (χ1) is 9.31. The summed E-state index contributed by atoms with van der Waals surface area (Å²) in [5.74, 6) is 0. The first-order valence-corrected chi connectivity index (χ1v) is 8.88. The van der Waals surface area contributed by atoms with Gasteiger partial charge in [0, 0.05) is 13.0 Å². The summed E-state index contributed by atoms with van der Waals surface area (Å²) in [6, 6.07) is 0. The molecule has 5 nitrogen and oxygen atoms in total. The van der Waals surface area contributed by atoms with Crippen LogP contribution in [0.4, 0.5) is 0 Å². The van der Waals surface area contributed by atoms with Gasteiger partial charge in [0.25, 0.3) is 0 Å². The van der Waals surface area contributed by atoms with Crippen molar-refractivity contribution in [3.8, 4) is 0 Å². The van der Waals surface area contributed by atoms with Crippen molar-refractivity contribution in [3.63, 3.8) is 0 Å². The zero-order chi connectivity index (χ0) is 16.9. The van der Waals surface area contributed by atoms with E-state index in [4.69, 9.17) is 0 Å². The molecule has 0 fully saturated rings. The number of nitrogens with zero attached hydrogens (tertiary/aromatic N) is 2. The lowest BCUT2D eigenvalue weighted by molar-refractivity contribution is -0.888. The molecule has 6 heteroatoms. The number of hydrogen-bond acceptors (Lipinski definition) is 3. The summed E-state index contributed by atoms with van der Waals surface area (Å²) in [6.45, 7) is 15.1. The lowest BCUT2D eigenvalue weighted by Crippen LogP contribution is -2.47. The SMILES string of the molecule is CC[N+](C)(C)CCCNN(O)S(=O)C(C)(C)CC(C)(C)C. The van der Waals surface area contributed by atoms with E-state index in [1.54, 1.807) is 0 Å². The summed E-state index contributed by atoms with van der Waals surface area (Å²) in [6.07, 6.45) is 1.69. The van der Waals surface area contributed by atoms with Gasteiger partial charge in [-0.1, -0.05) is 20.8 Å². The molecule has 21 heavy (non-hydrogen) atoms. The van der Waals surface area contributed by atoms with Gasteiger partial charge in [0.1, 0.15) is 11.0 Å². The maximum Gasteiger partial charge on any atom is 0.139 e. The quantitative estimate of drug-likeness (QED) is 0.390. The third kappa shape index (κ3) is 8.88. The summed E-state index contributed by atoms with van der Waals surface area (Å²) < 4.78 is 13.7. The fraction of sp³-hybridized carbons (Fsp3) is 1.00. The van der Waals surface area contributed by atoms with Crippen LogP contribution in [0, 0.1) is 5.41 Å². The minimum absolute atomic E-state index is 0.0721. The molecule has 1 unspecified atom stereocenters. The molecule has 0 spiro atoms. The Labute approximate surface area is 133 Å². The Morgan fingerprint density at radius 3 is 2.14 bits per heavy atom. The Balaban J connectivity index is 4.28. The third-order valence-corrected chi connectivity index (χ3v) is 5.16. The van der Waals surface area contributed by atoms with Crippen molar-refractivity contribution in [2.75, 3.05) is 33.7 Å². The Morgan fingerprint density at radius 1 is 1.19 bits per heavy atom. The predicted octanol–water partition coefficient (Wildman–Crippen LogP) is 2.55. The molecule has 0 amide bonds. The zero-order valence-electron chi connectivity index (χ0n) is 15.2. The van der Waals surface area contributed by atoms with Crippen LogP contribution in [0.2, 0.25) is 0 Å². The van der Waals surface area contributed by atoms with E-state index in [0.717, 1.165) is 35.0 Å². The fourth-order valence-electron chi connectivity index (χ4n) is 2.47. The molecule has 0 aromatic heterocycles.